The zero-order valence-corrected chi connectivity index (χ0v) is 19.0. The van der Waals surface area contributed by atoms with Crippen LogP contribution in [0.2, 0.25) is 5.02 Å². The SMILES string of the molecule is CCCCc1ccc(NC(=O)[C@H](CC)N(c2cc(Cl)ccc2C)S(C)(=O)=O)cc1. The lowest BCUT2D eigenvalue weighted by molar-refractivity contribution is -0.117. The summed E-state index contributed by atoms with van der Waals surface area (Å²) < 4.78 is 26.4. The van der Waals surface area contributed by atoms with E-state index in [1.807, 2.05) is 24.3 Å². The molecular formula is C22H29ClN2O3S. The van der Waals surface area contributed by atoms with Crippen molar-refractivity contribution in [2.24, 2.45) is 0 Å². The zero-order chi connectivity index (χ0) is 21.6. The number of carbonyl (C=O) groups is 1. The molecule has 0 unspecified atom stereocenters. The maximum absolute atomic E-state index is 13.0. The molecule has 0 aliphatic carbocycles. The first kappa shape index (κ1) is 23.2. The molecule has 0 radical (unpaired) electrons. The van der Waals surface area contributed by atoms with Crippen molar-refractivity contribution in [2.45, 2.75) is 52.5 Å². The zero-order valence-electron chi connectivity index (χ0n) is 17.4. The number of hydrogen-bond donors (Lipinski definition) is 1. The molecule has 2 aromatic carbocycles. The molecule has 0 saturated carbocycles. The smallest absolute Gasteiger partial charge is 0.248 e. The Bertz CT molecular complexity index is 943. The molecule has 2 rings (SSSR count). The molecule has 0 aliphatic rings. The Balaban J connectivity index is 2.30. The number of nitrogens with zero attached hydrogens (tertiary/aromatic N) is 1. The second-order valence-electron chi connectivity index (χ2n) is 7.20. The summed E-state index contributed by atoms with van der Waals surface area (Å²) in [6.45, 7) is 5.73. The first-order chi connectivity index (χ1) is 13.7. The Morgan fingerprint density at radius 2 is 1.79 bits per heavy atom. The summed E-state index contributed by atoms with van der Waals surface area (Å²) in [5.74, 6) is -0.376. The maximum Gasteiger partial charge on any atom is 0.248 e. The van der Waals surface area contributed by atoms with Crippen LogP contribution in [0.3, 0.4) is 0 Å². The Hall–Kier alpha value is -2.05. The van der Waals surface area contributed by atoms with E-state index in [1.54, 1.807) is 32.0 Å². The van der Waals surface area contributed by atoms with Gasteiger partial charge >= 0.3 is 0 Å². The molecule has 0 spiro atoms. The number of sulfonamides is 1. The van der Waals surface area contributed by atoms with Crippen LogP contribution in [0.1, 0.15) is 44.2 Å². The molecule has 0 aliphatic heterocycles. The fourth-order valence-electron chi connectivity index (χ4n) is 3.22. The minimum atomic E-state index is -3.71. The predicted molar refractivity (Wildman–Crippen MR) is 121 cm³/mol. The van der Waals surface area contributed by atoms with Crippen LogP contribution in [0, 0.1) is 6.92 Å². The number of nitrogens with one attached hydrogen (secondary N) is 1. The fraction of sp³-hybridized carbons (Fsp3) is 0.409. The first-order valence-electron chi connectivity index (χ1n) is 9.82. The summed E-state index contributed by atoms with van der Waals surface area (Å²) in [6, 6.07) is 11.8. The molecular weight excluding hydrogens is 408 g/mol. The minimum Gasteiger partial charge on any atom is -0.324 e. The van der Waals surface area contributed by atoms with E-state index in [-0.39, 0.29) is 5.91 Å². The summed E-state index contributed by atoms with van der Waals surface area (Å²) in [6.07, 6.45) is 4.66. The minimum absolute atomic E-state index is 0.319. The van der Waals surface area contributed by atoms with Gasteiger partial charge in [-0.1, -0.05) is 50.1 Å². The number of anilines is 2. The van der Waals surface area contributed by atoms with E-state index >= 15 is 0 Å². The molecule has 0 fully saturated rings. The summed E-state index contributed by atoms with van der Waals surface area (Å²) in [4.78, 5) is 13.0. The van der Waals surface area contributed by atoms with Crippen LogP contribution in [0.15, 0.2) is 42.5 Å². The van der Waals surface area contributed by atoms with Crippen LogP contribution >= 0.6 is 11.6 Å². The summed E-state index contributed by atoms with van der Waals surface area (Å²) in [5.41, 5.74) is 3.00. The second kappa shape index (κ2) is 10.1. The van der Waals surface area contributed by atoms with E-state index in [2.05, 4.69) is 12.2 Å². The van der Waals surface area contributed by atoms with Gasteiger partial charge in [-0.25, -0.2) is 8.42 Å². The number of carbonyl (C=O) groups excluding carboxylic acids is 1. The van der Waals surface area contributed by atoms with Gasteiger partial charge in [0.15, 0.2) is 0 Å². The highest BCUT2D eigenvalue weighted by atomic mass is 35.5. The van der Waals surface area contributed by atoms with Crippen molar-refractivity contribution in [3.05, 3.63) is 58.6 Å². The molecule has 0 saturated heterocycles. The third-order valence-corrected chi connectivity index (χ3v) is 6.18. The van der Waals surface area contributed by atoms with E-state index in [1.165, 1.54) is 9.87 Å². The normalized spacial score (nSPS) is 12.4. The van der Waals surface area contributed by atoms with Crippen molar-refractivity contribution in [3.8, 4) is 0 Å². The van der Waals surface area contributed by atoms with Crippen molar-refractivity contribution >= 4 is 38.9 Å². The van der Waals surface area contributed by atoms with E-state index in [4.69, 9.17) is 11.6 Å². The lowest BCUT2D eigenvalue weighted by Gasteiger charge is -2.31. The van der Waals surface area contributed by atoms with Gasteiger partial charge in [-0.3, -0.25) is 9.10 Å². The van der Waals surface area contributed by atoms with E-state index in [9.17, 15) is 13.2 Å². The van der Waals surface area contributed by atoms with Gasteiger partial charge in [-0.05, 0) is 61.6 Å². The number of benzene rings is 2. The molecule has 0 heterocycles. The largest absolute Gasteiger partial charge is 0.324 e. The molecule has 158 valence electrons. The molecule has 29 heavy (non-hydrogen) atoms. The molecule has 5 nitrogen and oxygen atoms in total. The molecule has 7 heteroatoms. The number of rotatable bonds is 9. The highest BCUT2D eigenvalue weighted by Crippen LogP contribution is 2.29. The quantitative estimate of drug-likeness (QED) is 0.589. The Morgan fingerprint density at radius 1 is 1.14 bits per heavy atom. The Morgan fingerprint density at radius 3 is 2.34 bits per heavy atom. The molecule has 2 aromatic rings. The van der Waals surface area contributed by atoms with Crippen LogP contribution in [-0.2, 0) is 21.2 Å². The second-order valence-corrected chi connectivity index (χ2v) is 9.50. The number of halogens is 1. The van der Waals surface area contributed by atoms with Gasteiger partial charge in [-0.2, -0.15) is 0 Å². The molecule has 0 bridgehead atoms. The third-order valence-electron chi connectivity index (χ3n) is 4.78. The van der Waals surface area contributed by atoms with Crippen LogP contribution in [0.5, 0.6) is 0 Å². The lowest BCUT2D eigenvalue weighted by atomic mass is 10.1. The van der Waals surface area contributed by atoms with Crippen molar-refractivity contribution in [3.63, 3.8) is 0 Å². The highest BCUT2D eigenvalue weighted by Gasteiger charge is 2.32. The van der Waals surface area contributed by atoms with Crippen LogP contribution in [0.25, 0.3) is 0 Å². The molecule has 0 aromatic heterocycles. The van der Waals surface area contributed by atoms with Gasteiger partial charge in [0.2, 0.25) is 15.9 Å². The highest BCUT2D eigenvalue weighted by molar-refractivity contribution is 7.92. The number of hydrogen-bond acceptors (Lipinski definition) is 3. The average molecular weight is 437 g/mol. The average Bonchev–Trinajstić information content (AvgIpc) is 2.66. The number of amides is 1. The number of aryl methyl sites for hydroxylation is 2. The number of unbranched alkanes of at least 4 members (excludes halogenated alkanes) is 1. The molecule has 1 atom stereocenters. The predicted octanol–water partition coefficient (Wildman–Crippen LogP) is 5.17. The first-order valence-corrected chi connectivity index (χ1v) is 12.0. The van der Waals surface area contributed by atoms with Gasteiger partial charge in [-0.15, -0.1) is 0 Å². The van der Waals surface area contributed by atoms with E-state index in [0.717, 1.165) is 31.1 Å². The van der Waals surface area contributed by atoms with E-state index < -0.39 is 16.1 Å². The Kier molecular flexibility index (Phi) is 8.11. The van der Waals surface area contributed by atoms with Gasteiger partial charge < -0.3 is 5.32 Å². The van der Waals surface area contributed by atoms with Crippen LogP contribution in [0.4, 0.5) is 11.4 Å². The Labute approximate surface area is 179 Å². The summed E-state index contributed by atoms with van der Waals surface area (Å²) >= 11 is 6.10. The fourth-order valence-corrected chi connectivity index (χ4v) is 4.64. The monoisotopic (exact) mass is 436 g/mol. The molecule has 1 amide bonds. The van der Waals surface area contributed by atoms with Crippen molar-refractivity contribution in [1.29, 1.82) is 0 Å². The van der Waals surface area contributed by atoms with Gasteiger partial charge in [0.1, 0.15) is 6.04 Å². The third kappa shape index (κ3) is 6.21. The topological polar surface area (TPSA) is 66.5 Å². The lowest BCUT2D eigenvalue weighted by Crippen LogP contribution is -2.47. The van der Waals surface area contributed by atoms with Gasteiger partial charge in [0, 0.05) is 10.7 Å². The van der Waals surface area contributed by atoms with Crippen molar-refractivity contribution < 1.29 is 13.2 Å². The summed E-state index contributed by atoms with van der Waals surface area (Å²) in [5, 5.41) is 3.27. The van der Waals surface area contributed by atoms with Crippen molar-refractivity contribution in [2.75, 3.05) is 15.9 Å². The van der Waals surface area contributed by atoms with Crippen molar-refractivity contribution in [1.82, 2.24) is 0 Å². The van der Waals surface area contributed by atoms with Crippen LogP contribution in [-0.4, -0.2) is 26.6 Å². The summed E-state index contributed by atoms with van der Waals surface area (Å²) in [7, 11) is -3.71. The van der Waals surface area contributed by atoms with Gasteiger partial charge in [0.05, 0.1) is 11.9 Å². The standard InChI is InChI=1S/C22H29ClN2O3S/c1-5-7-8-17-10-13-19(14-11-17)24-22(26)20(6-2)25(29(4,27)28)21-15-18(23)12-9-16(21)3/h9-15,20H,5-8H2,1-4H3,(H,24,26)/t20-/m0/s1. The maximum atomic E-state index is 13.0. The van der Waals surface area contributed by atoms with Gasteiger partial charge in [0.25, 0.3) is 0 Å². The van der Waals surface area contributed by atoms with Crippen LogP contribution < -0.4 is 9.62 Å². The molecule has 1 N–H and O–H groups in total. The van der Waals surface area contributed by atoms with E-state index in [0.29, 0.717) is 22.8 Å².